The molecule has 0 saturated carbocycles. The summed E-state index contributed by atoms with van der Waals surface area (Å²) in [7, 11) is -5.70. The molecule has 0 N–H and O–H groups in total. The fraction of sp³-hybridized carbons (Fsp3) is 0. The van der Waals surface area contributed by atoms with Gasteiger partial charge in [-0.15, -0.1) is 0 Å². The van der Waals surface area contributed by atoms with E-state index in [0.29, 0.717) is 0 Å². The van der Waals surface area contributed by atoms with Crippen LogP contribution in [0.1, 0.15) is 0 Å². The van der Waals surface area contributed by atoms with Gasteiger partial charge in [0.2, 0.25) is 0 Å². The van der Waals surface area contributed by atoms with Gasteiger partial charge in [0, 0.05) is 0 Å². The third kappa shape index (κ3) is 364. The van der Waals surface area contributed by atoms with Gasteiger partial charge in [0.05, 0.1) is 21.6 Å². The average molecular weight is 294 g/mol. The molecule has 0 spiro atoms. The Balaban J connectivity index is -0.0000000720. The molecule has 0 unspecified atom stereocenters. The van der Waals surface area contributed by atoms with E-state index in [1.165, 1.54) is 0 Å². The van der Waals surface area contributed by atoms with Gasteiger partial charge in [-0.05, 0) is 0 Å². The zero-order chi connectivity index (χ0) is 7.15. The molecule has 0 aliphatic heterocycles. The van der Waals surface area contributed by atoms with Crippen LogP contribution in [0.2, 0.25) is 0 Å². The van der Waals surface area contributed by atoms with Gasteiger partial charge in [0.15, 0.2) is 0 Å². The van der Waals surface area contributed by atoms with Gasteiger partial charge in [-0.25, -0.2) is 0 Å². The van der Waals surface area contributed by atoms with E-state index in [1.807, 2.05) is 0 Å². The Labute approximate surface area is 73.3 Å². The largest absolute Gasteiger partial charge is 2.00 e. The van der Waals surface area contributed by atoms with Crippen molar-refractivity contribution >= 4 is 23.7 Å². The van der Waals surface area contributed by atoms with Crippen LogP contribution in [0.3, 0.4) is 0 Å². The molecular weight excluding hydrogens is 294 g/mol. The normalized spacial score (nSPS) is 8.00. The monoisotopic (exact) mass is 296 g/mol. The molecule has 0 heterocycles. The van der Waals surface area contributed by atoms with Crippen molar-refractivity contribution in [1.29, 1.82) is 0 Å². The van der Waals surface area contributed by atoms with Crippen molar-refractivity contribution in [3.05, 3.63) is 0 Å². The van der Waals surface area contributed by atoms with E-state index in [1.54, 1.807) is 0 Å². The molecule has 0 amide bonds. The molecule has 0 bridgehead atoms. The predicted octanol–water partition coefficient (Wildman–Crippen LogP) is -7.51. The standard InChI is InChI=1S/2ClO3.Te/c2*2-1(3)4;/q2*-1;+2. The molecule has 9 heteroatoms. The van der Waals surface area contributed by atoms with Crippen LogP contribution in [0, 0.1) is 21.6 Å². The van der Waals surface area contributed by atoms with Crippen LogP contribution in [0.25, 0.3) is 0 Å². The molecular formula is Cl2O6Te. The van der Waals surface area contributed by atoms with E-state index in [-0.39, 0.29) is 23.7 Å². The Bertz CT molecular complexity index is 26.5. The molecule has 0 aliphatic carbocycles. The van der Waals surface area contributed by atoms with Crippen LogP contribution in [-0.2, 0) is 0 Å². The maximum absolute atomic E-state index is 8.41. The van der Waals surface area contributed by atoms with Gasteiger partial charge in [-0.3, -0.25) is 0 Å². The molecule has 0 rings (SSSR count). The van der Waals surface area contributed by atoms with Crippen molar-refractivity contribution in [3.8, 4) is 0 Å². The quantitative estimate of drug-likeness (QED) is 0.407. The average Bonchev–Trinajstić information content (AvgIpc) is 1.25. The zero-order valence-electron chi connectivity index (χ0n) is 3.61. The summed E-state index contributed by atoms with van der Waals surface area (Å²) >= 11 is 0. The second-order valence-electron chi connectivity index (χ2n) is 0.378. The van der Waals surface area contributed by atoms with E-state index >= 15 is 0 Å². The van der Waals surface area contributed by atoms with E-state index in [0.717, 1.165) is 0 Å². The molecule has 0 aromatic heterocycles. The topological polar surface area (TPSA) is 138 Å². The molecule has 9 heavy (non-hydrogen) atoms. The van der Waals surface area contributed by atoms with Crippen molar-refractivity contribution in [3.63, 3.8) is 0 Å². The Morgan fingerprint density at radius 1 is 0.556 bits per heavy atom. The molecule has 56 valence electrons. The number of halogens is 2. The van der Waals surface area contributed by atoms with Gasteiger partial charge < -0.3 is 28.0 Å². The molecule has 0 aliphatic rings. The Kier molecular flexibility index (Phi) is 21.9. The smallest absolute Gasteiger partial charge is 0.357 e. The van der Waals surface area contributed by atoms with Gasteiger partial charge in [-0.1, -0.05) is 0 Å². The maximum atomic E-state index is 8.41. The second kappa shape index (κ2) is 11.9. The maximum Gasteiger partial charge on any atom is 2.00 e. The molecule has 6 nitrogen and oxygen atoms in total. The summed E-state index contributed by atoms with van der Waals surface area (Å²) in [4.78, 5) is 0. The van der Waals surface area contributed by atoms with Crippen molar-refractivity contribution in [2.75, 3.05) is 0 Å². The minimum Gasteiger partial charge on any atom is -0.357 e. The van der Waals surface area contributed by atoms with E-state index in [9.17, 15) is 0 Å². The van der Waals surface area contributed by atoms with E-state index in [4.69, 9.17) is 28.0 Å². The fourth-order valence-electron chi connectivity index (χ4n) is 0. The van der Waals surface area contributed by atoms with Gasteiger partial charge in [0.1, 0.15) is 0 Å². The first-order chi connectivity index (χ1) is 3.46. The summed E-state index contributed by atoms with van der Waals surface area (Å²) in [6.07, 6.45) is 0. The molecule has 0 aromatic rings. The minimum absolute atomic E-state index is 0. The zero-order valence-corrected chi connectivity index (χ0v) is 7.46. The molecule has 0 fully saturated rings. The summed E-state index contributed by atoms with van der Waals surface area (Å²) < 4.78 is 50.4. The van der Waals surface area contributed by atoms with Crippen LogP contribution in [-0.4, -0.2) is 23.7 Å². The molecule has 0 saturated heterocycles. The molecule has 0 aromatic carbocycles. The van der Waals surface area contributed by atoms with Crippen LogP contribution in [0.4, 0.5) is 0 Å². The van der Waals surface area contributed by atoms with Gasteiger partial charge in [0.25, 0.3) is 0 Å². The summed E-state index contributed by atoms with van der Waals surface area (Å²) in [5, 5.41) is 0. The van der Waals surface area contributed by atoms with E-state index in [2.05, 4.69) is 0 Å². The van der Waals surface area contributed by atoms with Crippen molar-refractivity contribution < 1.29 is 49.5 Å². The summed E-state index contributed by atoms with van der Waals surface area (Å²) in [5.41, 5.74) is 0. The van der Waals surface area contributed by atoms with Crippen molar-refractivity contribution in [1.82, 2.24) is 0 Å². The number of hydrogen-bond donors (Lipinski definition) is 0. The second-order valence-corrected chi connectivity index (χ2v) is 1.13. The first kappa shape index (κ1) is 16.6. The molecule has 4 radical (unpaired) electrons. The Morgan fingerprint density at radius 3 is 0.556 bits per heavy atom. The fourth-order valence-corrected chi connectivity index (χ4v) is 0. The van der Waals surface area contributed by atoms with Crippen LogP contribution < -0.4 is 28.0 Å². The van der Waals surface area contributed by atoms with Crippen LogP contribution >= 0.6 is 0 Å². The molecule has 0 atom stereocenters. The third-order valence-electron chi connectivity index (χ3n) is 0. The first-order valence-corrected chi connectivity index (χ1v) is 2.78. The SMILES string of the molecule is [O-][Cl+2]([O-])[O-].[O-][Cl+2]([O-])[O-].[Te+2]. The third-order valence-corrected chi connectivity index (χ3v) is 0. The van der Waals surface area contributed by atoms with Crippen LogP contribution in [0.15, 0.2) is 0 Å². The van der Waals surface area contributed by atoms with E-state index < -0.39 is 21.6 Å². The van der Waals surface area contributed by atoms with Gasteiger partial charge in [-0.2, -0.15) is 0 Å². The minimum atomic E-state index is -2.85. The van der Waals surface area contributed by atoms with Crippen molar-refractivity contribution in [2.24, 2.45) is 0 Å². The van der Waals surface area contributed by atoms with Gasteiger partial charge >= 0.3 is 23.7 Å². The summed E-state index contributed by atoms with van der Waals surface area (Å²) in [6, 6.07) is 0. The summed E-state index contributed by atoms with van der Waals surface area (Å²) in [6.45, 7) is 0. The first-order valence-electron chi connectivity index (χ1n) is 0.926. The summed E-state index contributed by atoms with van der Waals surface area (Å²) in [5.74, 6) is 0. The van der Waals surface area contributed by atoms with Crippen molar-refractivity contribution in [2.45, 2.75) is 0 Å². The predicted molar refractivity (Wildman–Crippen MR) is 5.75 cm³/mol. The number of rotatable bonds is 0. The Morgan fingerprint density at radius 2 is 0.556 bits per heavy atom. The number of hydrogen-bond acceptors (Lipinski definition) is 6. The van der Waals surface area contributed by atoms with Crippen LogP contribution in [0.5, 0.6) is 0 Å². The Hall–Kier alpha value is 1.13.